The molecule has 0 aliphatic rings. The second kappa shape index (κ2) is 6.43. The molecule has 0 N–H and O–H groups in total. The van der Waals surface area contributed by atoms with E-state index in [9.17, 15) is 13.4 Å². The first-order valence-electron chi connectivity index (χ1n) is 5.92. The monoisotopic (exact) mass is 292 g/mol. The van der Waals surface area contributed by atoms with Crippen molar-refractivity contribution in [3.8, 4) is 5.75 Å². The number of rotatable bonds is 5. The van der Waals surface area contributed by atoms with Crippen molar-refractivity contribution in [2.24, 2.45) is 0 Å². The highest BCUT2D eigenvalue weighted by molar-refractivity contribution is 7.85. The summed E-state index contributed by atoms with van der Waals surface area (Å²) < 4.78 is 30.0. The van der Waals surface area contributed by atoms with E-state index in [1.165, 1.54) is 31.4 Å². The number of carbonyl (C=O) groups is 1. The average molecular weight is 292 g/mol. The second-order valence-corrected chi connectivity index (χ2v) is 5.52. The molecule has 0 radical (unpaired) electrons. The summed E-state index contributed by atoms with van der Waals surface area (Å²) in [4.78, 5) is 12.6. The van der Waals surface area contributed by atoms with E-state index in [-0.39, 0.29) is 11.5 Å². The van der Waals surface area contributed by atoms with Gasteiger partial charge in [0.15, 0.2) is 5.78 Å². The third-order valence-corrected chi connectivity index (χ3v) is 4.07. The van der Waals surface area contributed by atoms with Crippen LogP contribution in [0.15, 0.2) is 53.4 Å². The van der Waals surface area contributed by atoms with Crippen LogP contribution in [0.2, 0.25) is 0 Å². The molecule has 1 atom stereocenters. The molecule has 0 aromatic heterocycles. The predicted molar refractivity (Wildman–Crippen MR) is 75.0 cm³/mol. The zero-order chi connectivity index (χ0) is 14.5. The third kappa shape index (κ3) is 3.30. The topological polar surface area (TPSA) is 43.4 Å². The summed E-state index contributed by atoms with van der Waals surface area (Å²) in [6, 6.07) is 12.1. The molecule has 0 saturated carbocycles. The Bertz CT molecular complexity index is 638. The molecule has 3 nitrogen and oxygen atoms in total. The fourth-order valence-corrected chi connectivity index (χ4v) is 2.74. The third-order valence-electron chi connectivity index (χ3n) is 2.75. The van der Waals surface area contributed by atoms with Gasteiger partial charge in [-0.2, -0.15) is 0 Å². The molecule has 104 valence electrons. The standard InChI is InChI=1S/C15H13FO3S/c1-19-15-5-3-2-4-13(15)14(17)10-20(18)12-8-6-11(16)7-9-12/h2-9H,10H2,1H3. The first-order chi connectivity index (χ1) is 9.61. The van der Waals surface area contributed by atoms with Crippen LogP contribution in [0.25, 0.3) is 0 Å². The van der Waals surface area contributed by atoms with Gasteiger partial charge >= 0.3 is 0 Å². The summed E-state index contributed by atoms with van der Waals surface area (Å²) in [5.41, 5.74) is 0.394. The number of Topliss-reactive ketones (excluding diaryl/α,β-unsaturated/α-hetero) is 1. The van der Waals surface area contributed by atoms with Crippen molar-refractivity contribution < 1.29 is 18.1 Å². The molecular formula is C15H13FO3S. The van der Waals surface area contributed by atoms with Crippen molar-refractivity contribution >= 4 is 16.6 Å². The Balaban J connectivity index is 2.15. The van der Waals surface area contributed by atoms with Crippen molar-refractivity contribution in [3.63, 3.8) is 0 Å². The summed E-state index contributed by atoms with van der Waals surface area (Å²) in [6.45, 7) is 0. The van der Waals surface area contributed by atoms with Gasteiger partial charge in [-0.05, 0) is 36.4 Å². The quantitative estimate of drug-likeness (QED) is 0.796. The van der Waals surface area contributed by atoms with Gasteiger partial charge < -0.3 is 4.74 Å². The lowest BCUT2D eigenvalue weighted by atomic mass is 10.1. The van der Waals surface area contributed by atoms with Gasteiger partial charge in [0.1, 0.15) is 11.6 Å². The minimum Gasteiger partial charge on any atom is -0.496 e. The van der Waals surface area contributed by atoms with E-state index in [1.54, 1.807) is 24.3 Å². The van der Waals surface area contributed by atoms with Gasteiger partial charge in [0.25, 0.3) is 0 Å². The number of hydrogen-bond acceptors (Lipinski definition) is 3. The van der Waals surface area contributed by atoms with Crippen LogP contribution in [0.3, 0.4) is 0 Å². The highest BCUT2D eigenvalue weighted by Crippen LogP contribution is 2.19. The normalized spacial score (nSPS) is 11.9. The molecule has 0 fully saturated rings. The number of carbonyl (C=O) groups excluding carboxylic acids is 1. The van der Waals surface area contributed by atoms with Crippen LogP contribution in [-0.2, 0) is 10.8 Å². The van der Waals surface area contributed by atoms with Gasteiger partial charge in [0, 0.05) is 4.90 Å². The lowest BCUT2D eigenvalue weighted by Crippen LogP contribution is -2.12. The smallest absolute Gasteiger partial charge is 0.179 e. The fourth-order valence-electron chi connectivity index (χ4n) is 1.74. The molecule has 2 rings (SSSR count). The van der Waals surface area contributed by atoms with Crippen LogP contribution < -0.4 is 4.74 Å². The van der Waals surface area contributed by atoms with E-state index < -0.39 is 16.6 Å². The number of methoxy groups -OCH3 is 1. The molecule has 5 heteroatoms. The fraction of sp³-hybridized carbons (Fsp3) is 0.133. The highest BCUT2D eigenvalue weighted by Gasteiger charge is 2.15. The molecule has 2 aromatic carbocycles. The minimum absolute atomic E-state index is 0.161. The molecule has 0 saturated heterocycles. The van der Waals surface area contributed by atoms with E-state index in [1.807, 2.05) is 0 Å². The van der Waals surface area contributed by atoms with Crippen LogP contribution in [0, 0.1) is 5.82 Å². The average Bonchev–Trinajstić information content (AvgIpc) is 2.47. The number of ether oxygens (including phenoxy) is 1. The lowest BCUT2D eigenvalue weighted by molar-refractivity contribution is 0.101. The number of para-hydroxylation sites is 1. The van der Waals surface area contributed by atoms with E-state index in [4.69, 9.17) is 4.74 Å². The Kier molecular flexibility index (Phi) is 4.63. The van der Waals surface area contributed by atoms with Gasteiger partial charge in [0.2, 0.25) is 0 Å². The summed E-state index contributed by atoms with van der Waals surface area (Å²) >= 11 is 0. The maximum Gasteiger partial charge on any atom is 0.179 e. The van der Waals surface area contributed by atoms with E-state index in [0.717, 1.165) is 0 Å². The number of hydrogen-bond donors (Lipinski definition) is 0. The Morgan fingerprint density at radius 2 is 1.80 bits per heavy atom. The minimum atomic E-state index is -1.50. The van der Waals surface area contributed by atoms with E-state index >= 15 is 0 Å². The van der Waals surface area contributed by atoms with Crippen molar-refractivity contribution in [3.05, 3.63) is 59.9 Å². The van der Waals surface area contributed by atoms with Gasteiger partial charge in [-0.3, -0.25) is 9.00 Å². The molecular weight excluding hydrogens is 279 g/mol. The first-order valence-corrected chi connectivity index (χ1v) is 7.24. The summed E-state index contributed by atoms with van der Waals surface area (Å²) in [6.07, 6.45) is 0. The van der Waals surface area contributed by atoms with Gasteiger partial charge in [-0.15, -0.1) is 0 Å². The zero-order valence-corrected chi connectivity index (χ0v) is 11.7. The number of benzene rings is 2. The molecule has 0 aliphatic heterocycles. The maximum absolute atomic E-state index is 12.8. The molecule has 2 aromatic rings. The summed E-state index contributed by atoms with van der Waals surface area (Å²) in [5.74, 6) is -0.382. The molecule has 0 aliphatic carbocycles. The largest absolute Gasteiger partial charge is 0.496 e. The van der Waals surface area contributed by atoms with Crippen LogP contribution in [0.5, 0.6) is 5.75 Å². The van der Waals surface area contributed by atoms with Crippen molar-refractivity contribution in [1.29, 1.82) is 0 Å². The highest BCUT2D eigenvalue weighted by atomic mass is 32.2. The second-order valence-electron chi connectivity index (χ2n) is 4.07. The SMILES string of the molecule is COc1ccccc1C(=O)CS(=O)c1ccc(F)cc1. The van der Waals surface area contributed by atoms with Crippen LogP contribution >= 0.6 is 0 Å². The Morgan fingerprint density at radius 1 is 1.15 bits per heavy atom. The first kappa shape index (κ1) is 14.4. The summed E-state index contributed by atoms with van der Waals surface area (Å²) in [7, 11) is -0.0290. The Morgan fingerprint density at radius 3 is 2.45 bits per heavy atom. The van der Waals surface area contributed by atoms with Crippen LogP contribution in [0.4, 0.5) is 4.39 Å². The summed E-state index contributed by atoms with van der Waals surface area (Å²) in [5, 5.41) is 0. The molecule has 0 amide bonds. The molecule has 1 unspecified atom stereocenters. The van der Waals surface area contributed by atoms with Gasteiger partial charge in [-0.1, -0.05) is 12.1 Å². The van der Waals surface area contributed by atoms with Gasteiger partial charge in [0.05, 0.1) is 29.2 Å². The van der Waals surface area contributed by atoms with E-state index in [0.29, 0.717) is 16.2 Å². The van der Waals surface area contributed by atoms with Crippen molar-refractivity contribution in [2.75, 3.05) is 12.9 Å². The molecule has 0 heterocycles. The van der Waals surface area contributed by atoms with Crippen molar-refractivity contribution in [2.45, 2.75) is 4.90 Å². The van der Waals surface area contributed by atoms with Crippen molar-refractivity contribution in [1.82, 2.24) is 0 Å². The zero-order valence-electron chi connectivity index (χ0n) is 10.8. The predicted octanol–water partition coefficient (Wildman–Crippen LogP) is 2.82. The van der Waals surface area contributed by atoms with E-state index in [2.05, 4.69) is 0 Å². The molecule has 0 bridgehead atoms. The molecule has 0 spiro atoms. The van der Waals surface area contributed by atoms with Crippen LogP contribution in [0.1, 0.15) is 10.4 Å². The number of ketones is 1. The maximum atomic E-state index is 12.8. The van der Waals surface area contributed by atoms with Gasteiger partial charge in [-0.25, -0.2) is 4.39 Å². The van der Waals surface area contributed by atoms with Crippen LogP contribution in [-0.4, -0.2) is 22.9 Å². The lowest BCUT2D eigenvalue weighted by Gasteiger charge is -2.07. The Labute approximate surface area is 118 Å². The molecule has 20 heavy (non-hydrogen) atoms. The Hall–Kier alpha value is -2.01. The number of halogens is 1.